The number of benzene rings is 1. The third-order valence-corrected chi connectivity index (χ3v) is 3.44. The van der Waals surface area contributed by atoms with E-state index in [1.165, 1.54) is 0 Å². The van der Waals surface area contributed by atoms with Crippen LogP contribution in [0.5, 0.6) is 5.75 Å². The molecule has 0 bridgehead atoms. The van der Waals surface area contributed by atoms with Crippen molar-refractivity contribution in [3.63, 3.8) is 0 Å². The standard InChI is InChI=1S/C16H24N6O2/c1-4-22-15(18-19-20-22)12-24-14-8-5-7-13(11-14)16(23)17-9-6-10-21(2)3/h5,7-8,11H,4,6,9-10,12H2,1-3H3,(H,17,23). The lowest BCUT2D eigenvalue weighted by Crippen LogP contribution is -2.27. The predicted octanol–water partition coefficient (Wildman–Crippen LogP) is 0.954. The van der Waals surface area contributed by atoms with E-state index in [-0.39, 0.29) is 12.5 Å². The maximum Gasteiger partial charge on any atom is 0.251 e. The van der Waals surface area contributed by atoms with Crippen molar-refractivity contribution in [2.75, 3.05) is 27.2 Å². The zero-order chi connectivity index (χ0) is 17.4. The fourth-order valence-electron chi connectivity index (χ4n) is 2.15. The summed E-state index contributed by atoms with van der Waals surface area (Å²) in [4.78, 5) is 14.2. The maximum absolute atomic E-state index is 12.2. The number of tetrazole rings is 1. The number of hydrogen-bond acceptors (Lipinski definition) is 6. The van der Waals surface area contributed by atoms with Crippen molar-refractivity contribution in [3.8, 4) is 5.75 Å². The molecule has 1 aromatic heterocycles. The van der Waals surface area contributed by atoms with E-state index in [1.54, 1.807) is 22.9 Å². The molecule has 8 heteroatoms. The van der Waals surface area contributed by atoms with E-state index in [1.807, 2.05) is 27.1 Å². The highest BCUT2D eigenvalue weighted by Crippen LogP contribution is 2.14. The third kappa shape index (κ3) is 5.31. The molecule has 0 unspecified atom stereocenters. The normalized spacial score (nSPS) is 10.8. The van der Waals surface area contributed by atoms with Crippen LogP contribution in [-0.4, -0.2) is 58.2 Å². The Hall–Kier alpha value is -2.48. The van der Waals surface area contributed by atoms with E-state index in [2.05, 4.69) is 25.7 Å². The summed E-state index contributed by atoms with van der Waals surface area (Å²) >= 11 is 0. The van der Waals surface area contributed by atoms with Crippen LogP contribution in [0.2, 0.25) is 0 Å². The van der Waals surface area contributed by atoms with Gasteiger partial charge in [0.15, 0.2) is 5.82 Å². The van der Waals surface area contributed by atoms with Gasteiger partial charge in [-0.3, -0.25) is 4.79 Å². The molecule has 2 rings (SSSR count). The second-order valence-electron chi connectivity index (χ2n) is 5.64. The lowest BCUT2D eigenvalue weighted by molar-refractivity contribution is 0.0952. The summed E-state index contributed by atoms with van der Waals surface area (Å²) < 4.78 is 7.36. The first-order valence-corrected chi connectivity index (χ1v) is 8.01. The highest BCUT2D eigenvalue weighted by molar-refractivity contribution is 5.94. The smallest absolute Gasteiger partial charge is 0.251 e. The molecule has 0 saturated carbocycles. The Kier molecular flexibility index (Phi) is 6.68. The minimum Gasteiger partial charge on any atom is -0.486 e. The molecule has 0 saturated heterocycles. The molecule has 0 radical (unpaired) electrons. The molecule has 1 amide bonds. The average molecular weight is 332 g/mol. The van der Waals surface area contributed by atoms with E-state index in [0.29, 0.717) is 30.2 Å². The second kappa shape index (κ2) is 8.97. The van der Waals surface area contributed by atoms with Crippen molar-refractivity contribution in [2.45, 2.75) is 26.5 Å². The van der Waals surface area contributed by atoms with Gasteiger partial charge in [0.05, 0.1) is 0 Å². The highest BCUT2D eigenvalue weighted by Gasteiger charge is 2.08. The molecular weight excluding hydrogens is 308 g/mol. The Morgan fingerprint density at radius 3 is 2.96 bits per heavy atom. The first kappa shape index (κ1) is 17.9. The summed E-state index contributed by atoms with van der Waals surface area (Å²) in [6.07, 6.45) is 0.911. The zero-order valence-corrected chi connectivity index (χ0v) is 14.4. The molecule has 1 heterocycles. The molecule has 0 fully saturated rings. The van der Waals surface area contributed by atoms with E-state index < -0.39 is 0 Å². The third-order valence-electron chi connectivity index (χ3n) is 3.44. The largest absolute Gasteiger partial charge is 0.486 e. The molecule has 1 aromatic carbocycles. The molecule has 130 valence electrons. The van der Waals surface area contributed by atoms with E-state index in [9.17, 15) is 4.79 Å². The Labute approximate surface area is 141 Å². The second-order valence-corrected chi connectivity index (χ2v) is 5.64. The van der Waals surface area contributed by atoms with Gasteiger partial charge in [-0.2, -0.15) is 0 Å². The van der Waals surface area contributed by atoms with Crippen molar-refractivity contribution in [2.24, 2.45) is 0 Å². The Balaban J connectivity index is 1.87. The van der Waals surface area contributed by atoms with Gasteiger partial charge in [-0.05, 0) is 62.6 Å². The van der Waals surface area contributed by atoms with Crippen LogP contribution in [0.4, 0.5) is 0 Å². The first-order chi connectivity index (χ1) is 11.6. The quantitative estimate of drug-likeness (QED) is 0.688. The highest BCUT2D eigenvalue weighted by atomic mass is 16.5. The van der Waals surface area contributed by atoms with E-state index in [0.717, 1.165) is 13.0 Å². The number of nitrogens with zero attached hydrogens (tertiary/aromatic N) is 5. The van der Waals surface area contributed by atoms with Gasteiger partial charge in [0.25, 0.3) is 5.91 Å². The number of carbonyl (C=O) groups is 1. The number of carbonyl (C=O) groups excluding carboxylic acids is 1. The van der Waals surface area contributed by atoms with Gasteiger partial charge in [0.1, 0.15) is 12.4 Å². The van der Waals surface area contributed by atoms with Crippen LogP contribution >= 0.6 is 0 Å². The van der Waals surface area contributed by atoms with Gasteiger partial charge >= 0.3 is 0 Å². The number of ether oxygens (including phenoxy) is 1. The van der Waals surface area contributed by atoms with Crippen LogP contribution in [0.15, 0.2) is 24.3 Å². The van der Waals surface area contributed by atoms with Gasteiger partial charge in [-0.15, -0.1) is 5.10 Å². The fourth-order valence-corrected chi connectivity index (χ4v) is 2.15. The SMILES string of the molecule is CCn1nnnc1COc1cccc(C(=O)NCCCN(C)C)c1. The number of nitrogens with one attached hydrogen (secondary N) is 1. The first-order valence-electron chi connectivity index (χ1n) is 8.01. The fraction of sp³-hybridized carbons (Fsp3) is 0.500. The lowest BCUT2D eigenvalue weighted by atomic mass is 10.2. The average Bonchev–Trinajstić information content (AvgIpc) is 3.04. The molecule has 0 aliphatic rings. The molecule has 1 N–H and O–H groups in total. The van der Waals surface area contributed by atoms with E-state index >= 15 is 0 Å². The predicted molar refractivity (Wildman–Crippen MR) is 89.8 cm³/mol. The monoisotopic (exact) mass is 332 g/mol. The summed E-state index contributed by atoms with van der Waals surface area (Å²) in [5.74, 6) is 1.16. The molecule has 0 spiro atoms. The van der Waals surface area contributed by atoms with Crippen molar-refractivity contribution in [1.82, 2.24) is 30.4 Å². The van der Waals surface area contributed by atoms with Crippen LogP contribution < -0.4 is 10.1 Å². The molecule has 0 atom stereocenters. The summed E-state index contributed by atoms with van der Waals surface area (Å²) in [6, 6.07) is 7.10. The van der Waals surface area contributed by atoms with Crippen molar-refractivity contribution in [3.05, 3.63) is 35.7 Å². The summed E-state index contributed by atoms with van der Waals surface area (Å²) in [6.45, 7) is 4.49. The number of amides is 1. The summed E-state index contributed by atoms with van der Waals surface area (Å²) in [5, 5.41) is 14.3. The molecule has 0 aliphatic heterocycles. The Morgan fingerprint density at radius 2 is 2.21 bits per heavy atom. The minimum absolute atomic E-state index is 0.0994. The molecule has 2 aromatic rings. The maximum atomic E-state index is 12.2. The van der Waals surface area contributed by atoms with Gasteiger partial charge in [-0.1, -0.05) is 6.07 Å². The van der Waals surface area contributed by atoms with Crippen molar-refractivity contribution >= 4 is 5.91 Å². The minimum atomic E-state index is -0.0994. The molecule has 0 aliphatic carbocycles. The number of hydrogen-bond donors (Lipinski definition) is 1. The molecule has 8 nitrogen and oxygen atoms in total. The van der Waals surface area contributed by atoms with Crippen LogP contribution in [0.1, 0.15) is 29.5 Å². The Bertz CT molecular complexity index is 656. The summed E-state index contributed by atoms with van der Waals surface area (Å²) in [5.41, 5.74) is 0.576. The lowest BCUT2D eigenvalue weighted by Gasteiger charge is -2.10. The van der Waals surface area contributed by atoms with Crippen molar-refractivity contribution in [1.29, 1.82) is 0 Å². The van der Waals surface area contributed by atoms with Gasteiger partial charge in [-0.25, -0.2) is 4.68 Å². The Morgan fingerprint density at radius 1 is 1.38 bits per heavy atom. The van der Waals surface area contributed by atoms with Crippen LogP contribution in [-0.2, 0) is 13.2 Å². The number of rotatable bonds is 9. The van der Waals surface area contributed by atoms with Gasteiger partial charge in [0, 0.05) is 18.7 Å². The van der Waals surface area contributed by atoms with Crippen molar-refractivity contribution < 1.29 is 9.53 Å². The molecule has 24 heavy (non-hydrogen) atoms. The van der Waals surface area contributed by atoms with Crippen LogP contribution in [0, 0.1) is 0 Å². The topological polar surface area (TPSA) is 85.2 Å². The van der Waals surface area contributed by atoms with Crippen LogP contribution in [0.3, 0.4) is 0 Å². The van der Waals surface area contributed by atoms with Gasteiger partial charge in [0.2, 0.25) is 0 Å². The van der Waals surface area contributed by atoms with E-state index in [4.69, 9.17) is 4.74 Å². The number of aromatic nitrogens is 4. The molecular formula is C16H24N6O2. The summed E-state index contributed by atoms with van der Waals surface area (Å²) in [7, 11) is 4.02. The number of aryl methyl sites for hydroxylation is 1. The zero-order valence-electron chi connectivity index (χ0n) is 14.4. The van der Waals surface area contributed by atoms with Gasteiger partial charge < -0.3 is 15.0 Å². The van der Waals surface area contributed by atoms with Crippen LogP contribution in [0.25, 0.3) is 0 Å².